The molecule has 3 rings (SSSR count). The summed E-state index contributed by atoms with van der Waals surface area (Å²) in [6.45, 7) is 3.23. The molecule has 132 valence electrons. The van der Waals surface area contributed by atoms with Gasteiger partial charge in [0.1, 0.15) is 12.2 Å². The zero-order valence-corrected chi connectivity index (χ0v) is 15.0. The van der Waals surface area contributed by atoms with Gasteiger partial charge in [0, 0.05) is 34.4 Å². The van der Waals surface area contributed by atoms with E-state index in [1.165, 1.54) is 23.2 Å². The van der Waals surface area contributed by atoms with Gasteiger partial charge >= 0.3 is 0 Å². The lowest BCUT2D eigenvalue weighted by Gasteiger charge is -2.14. The Morgan fingerprint density at radius 1 is 1.19 bits per heavy atom. The molecule has 2 heterocycles. The topological polar surface area (TPSA) is 89.8 Å². The summed E-state index contributed by atoms with van der Waals surface area (Å²) < 4.78 is 1.30. The van der Waals surface area contributed by atoms with Crippen LogP contribution in [-0.4, -0.2) is 25.4 Å². The Morgan fingerprint density at radius 3 is 2.58 bits per heavy atom. The van der Waals surface area contributed by atoms with Crippen LogP contribution in [0.15, 0.2) is 47.7 Å². The van der Waals surface area contributed by atoms with Crippen molar-refractivity contribution >= 4 is 23.2 Å². The van der Waals surface area contributed by atoms with Gasteiger partial charge in [-0.3, -0.25) is 19.1 Å². The quantitative estimate of drug-likeness (QED) is 0.763. The standard InChI is InChI=1S/C18H16ClN5O2/c1-11-12(2)22-17(15-9-20-7-8-21-15)24(18(11)26)10-16(25)23-14-5-3-13(19)4-6-14/h3-9H,10H2,1-2H3,(H,23,25). The third kappa shape index (κ3) is 3.78. The lowest BCUT2D eigenvalue weighted by atomic mass is 10.2. The molecule has 1 amide bonds. The zero-order chi connectivity index (χ0) is 18.7. The van der Waals surface area contributed by atoms with Crippen LogP contribution in [0.5, 0.6) is 0 Å². The molecule has 7 nitrogen and oxygen atoms in total. The van der Waals surface area contributed by atoms with Crippen molar-refractivity contribution in [3.63, 3.8) is 0 Å². The molecule has 0 bridgehead atoms. The van der Waals surface area contributed by atoms with Gasteiger partial charge in [0.15, 0.2) is 5.82 Å². The molecule has 0 fully saturated rings. The van der Waals surface area contributed by atoms with E-state index in [0.29, 0.717) is 33.5 Å². The minimum atomic E-state index is -0.357. The summed E-state index contributed by atoms with van der Waals surface area (Å²) in [6.07, 6.45) is 4.54. The first-order chi connectivity index (χ1) is 12.5. The molecule has 0 radical (unpaired) electrons. The predicted octanol–water partition coefficient (Wildman–Crippen LogP) is 2.61. The second-order valence-electron chi connectivity index (χ2n) is 5.68. The first-order valence-electron chi connectivity index (χ1n) is 7.85. The highest BCUT2D eigenvalue weighted by Gasteiger charge is 2.16. The van der Waals surface area contributed by atoms with Crippen molar-refractivity contribution in [1.29, 1.82) is 0 Å². The van der Waals surface area contributed by atoms with Crippen molar-refractivity contribution in [2.45, 2.75) is 20.4 Å². The predicted molar refractivity (Wildman–Crippen MR) is 99.1 cm³/mol. The zero-order valence-electron chi connectivity index (χ0n) is 14.2. The highest BCUT2D eigenvalue weighted by Crippen LogP contribution is 2.15. The van der Waals surface area contributed by atoms with E-state index < -0.39 is 0 Å². The van der Waals surface area contributed by atoms with Crippen LogP contribution in [0, 0.1) is 13.8 Å². The van der Waals surface area contributed by atoms with Gasteiger partial charge in [-0.1, -0.05) is 11.6 Å². The maximum absolute atomic E-state index is 12.7. The largest absolute Gasteiger partial charge is 0.325 e. The lowest BCUT2D eigenvalue weighted by molar-refractivity contribution is -0.116. The lowest BCUT2D eigenvalue weighted by Crippen LogP contribution is -2.32. The summed E-state index contributed by atoms with van der Waals surface area (Å²) in [5, 5.41) is 3.31. The van der Waals surface area contributed by atoms with E-state index in [0.717, 1.165) is 0 Å². The van der Waals surface area contributed by atoms with Gasteiger partial charge in [-0.05, 0) is 38.1 Å². The molecular weight excluding hydrogens is 354 g/mol. The Labute approximate surface area is 154 Å². The summed E-state index contributed by atoms with van der Waals surface area (Å²) in [4.78, 5) is 37.8. The van der Waals surface area contributed by atoms with E-state index in [-0.39, 0.29) is 18.0 Å². The van der Waals surface area contributed by atoms with Crippen molar-refractivity contribution < 1.29 is 4.79 Å². The maximum Gasteiger partial charge on any atom is 0.257 e. The first-order valence-corrected chi connectivity index (χ1v) is 8.23. The highest BCUT2D eigenvalue weighted by atomic mass is 35.5. The molecule has 0 aliphatic rings. The fourth-order valence-corrected chi connectivity index (χ4v) is 2.52. The molecule has 0 atom stereocenters. The Bertz CT molecular complexity index is 1000. The molecule has 3 aromatic rings. The monoisotopic (exact) mass is 369 g/mol. The minimum absolute atomic E-state index is 0.193. The molecule has 0 saturated heterocycles. The summed E-state index contributed by atoms with van der Waals surface area (Å²) in [7, 11) is 0. The molecule has 0 aliphatic carbocycles. The van der Waals surface area contributed by atoms with Crippen LogP contribution in [0.1, 0.15) is 11.3 Å². The molecule has 1 aromatic carbocycles. The number of rotatable bonds is 4. The fourth-order valence-electron chi connectivity index (χ4n) is 2.39. The van der Waals surface area contributed by atoms with Gasteiger partial charge in [-0.2, -0.15) is 0 Å². The van der Waals surface area contributed by atoms with Gasteiger partial charge in [0.2, 0.25) is 5.91 Å². The van der Waals surface area contributed by atoms with Crippen LogP contribution in [0.4, 0.5) is 5.69 Å². The number of nitrogens with one attached hydrogen (secondary N) is 1. The van der Waals surface area contributed by atoms with Crippen LogP contribution >= 0.6 is 11.6 Å². The van der Waals surface area contributed by atoms with E-state index in [1.807, 2.05) is 0 Å². The number of hydrogen-bond donors (Lipinski definition) is 1. The second-order valence-corrected chi connectivity index (χ2v) is 6.12. The number of carbonyl (C=O) groups is 1. The van der Waals surface area contributed by atoms with Crippen LogP contribution in [0.2, 0.25) is 5.02 Å². The fraction of sp³-hybridized carbons (Fsp3) is 0.167. The SMILES string of the molecule is Cc1nc(-c2cnccn2)n(CC(=O)Nc2ccc(Cl)cc2)c(=O)c1C. The molecule has 1 N–H and O–H groups in total. The van der Waals surface area contributed by atoms with Crippen LogP contribution in [-0.2, 0) is 11.3 Å². The van der Waals surface area contributed by atoms with Gasteiger partial charge in [0.25, 0.3) is 5.56 Å². The van der Waals surface area contributed by atoms with Gasteiger partial charge < -0.3 is 5.32 Å². The number of hydrogen-bond acceptors (Lipinski definition) is 5. The summed E-state index contributed by atoms with van der Waals surface area (Å²) in [5.41, 5.74) is 1.80. The summed E-state index contributed by atoms with van der Waals surface area (Å²) in [5.74, 6) is -0.0536. The van der Waals surface area contributed by atoms with Gasteiger partial charge in [-0.15, -0.1) is 0 Å². The molecule has 26 heavy (non-hydrogen) atoms. The number of anilines is 1. The van der Waals surface area contributed by atoms with Gasteiger partial charge in [-0.25, -0.2) is 9.97 Å². The second kappa shape index (κ2) is 7.45. The Morgan fingerprint density at radius 2 is 1.92 bits per heavy atom. The summed E-state index contributed by atoms with van der Waals surface area (Å²) in [6, 6.07) is 6.72. The number of halogens is 1. The Kier molecular flexibility index (Phi) is 5.09. The van der Waals surface area contributed by atoms with Crippen LogP contribution < -0.4 is 10.9 Å². The number of carbonyl (C=O) groups excluding carboxylic acids is 1. The van der Waals surface area contributed by atoms with Crippen LogP contribution in [0.3, 0.4) is 0 Å². The van der Waals surface area contributed by atoms with Crippen LogP contribution in [0.25, 0.3) is 11.5 Å². The molecule has 8 heteroatoms. The third-order valence-corrected chi connectivity index (χ3v) is 4.11. The van der Waals surface area contributed by atoms with Crippen molar-refractivity contribution in [2.75, 3.05) is 5.32 Å². The molecule has 2 aromatic heterocycles. The van der Waals surface area contributed by atoms with E-state index >= 15 is 0 Å². The minimum Gasteiger partial charge on any atom is -0.325 e. The highest BCUT2D eigenvalue weighted by molar-refractivity contribution is 6.30. The molecule has 0 unspecified atom stereocenters. The number of benzene rings is 1. The van der Waals surface area contributed by atoms with E-state index in [9.17, 15) is 9.59 Å². The summed E-state index contributed by atoms with van der Waals surface area (Å²) >= 11 is 5.84. The molecule has 0 aliphatic heterocycles. The van der Waals surface area contributed by atoms with Gasteiger partial charge in [0.05, 0.1) is 6.20 Å². The third-order valence-electron chi connectivity index (χ3n) is 3.86. The number of aromatic nitrogens is 4. The number of amides is 1. The van der Waals surface area contributed by atoms with E-state index in [4.69, 9.17) is 11.6 Å². The van der Waals surface area contributed by atoms with E-state index in [2.05, 4.69) is 20.3 Å². The Balaban J connectivity index is 1.96. The normalized spacial score (nSPS) is 10.6. The number of nitrogens with zero attached hydrogens (tertiary/aromatic N) is 4. The van der Waals surface area contributed by atoms with E-state index in [1.54, 1.807) is 38.1 Å². The van der Waals surface area contributed by atoms with Crippen molar-refractivity contribution in [3.8, 4) is 11.5 Å². The molecule has 0 saturated carbocycles. The van der Waals surface area contributed by atoms with Crippen molar-refractivity contribution in [2.24, 2.45) is 0 Å². The molecular formula is C18H16ClN5O2. The average Bonchev–Trinajstić information content (AvgIpc) is 2.64. The Hall–Kier alpha value is -3.06. The van der Waals surface area contributed by atoms with Crippen molar-refractivity contribution in [1.82, 2.24) is 19.5 Å². The molecule has 0 spiro atoms. The average molecular weight is 370 g/mol. The number of aryl methyl sites for hydroxylation is 1. The van der Waals surface area contributed by atoms with Crippen molar-refractivity contribution in [3.05, 3.63) is 69.5 Å². The smallest absolute Gasteiger partial charge is 0.257 e. The first kappa shape index (κ1) is 17.8. The maximum atomic E-state index is 12.7.